The fourth-order valence-corrected chi connectivity index (χ4v) is 3.58. The van der Waals surface area contributed by atoms with E-state index in [1.54, 1.807) is 28.2 Å². The molecule has 1 amide bonds. The van der Waals surface area contributed by atoms with Crippen LogP contribution in [-0.2, 0) is 6.54 Å². The summed E-state index contributed by atoms with van der Waals surface area (Å²) in [6.45, 7) is 7.35. The molecule has 3 heterocycles. The molecule has 1 aliphatic rings. The summed E-state index contributed by atoms with van der Waals surface area (Å²) in [7, 11) is 0. The molecule has 1 unspecified atom stereocenters. The Morgan fingerprint density at radius 1 is 1.40 bits per heavy atom. The lowest BCUT2D eigenvalue weighted by Gasteiger charge is -2.23. The van der Waals surface area contributed by atoms with Gasteiger partial charge in [0.05, 0.1) is 37.1 Å². The number of carbonyl (C=O) groups excluding carboxylic acids is 1. The molecule has 0 saturated carbocycles. The molecule has 1 N–H and O–H groups in total. The lowest BCUT2D eigenvalue weighted by molar-refractivity contribution is 0.0266. The van der Waals surface area contributed by atoms with Crippen LogP contribution in [-0.4, -0.2) is 59.4 Å². The molecule has 136 valence electrons. The van der Waals surface area contributed by atoms with Crippen LogP contribution in [0.5, 0.6) is 0 Å². The highest BCUT2D eigenvalue weighted by Crippen LogP contribution is 2.26. The van der Waals surface area contributed by atoms with E-state index in [1.165, 1.54) is 0 Å². The Kier molecular flexibility index (Phi) is 4.89. The number of likely N-dealkylation sites (tertiary alicyclic amines) is 1. The van der Waals surface area contributed by atoms with E-state index in [0.717, 1.165) is 18.5 Å². The molecular weight excluding hydrogens is 320 g/mol. The maximum atomic E-state index is 12.9. The summed E-state index contributed by atoms with van der Waals surface area (Å²) in [6, 6.07) is 0.310. The van der Waals surface area contributed by atoms with Crippen molar-refractivity contribution in [3.8, 4) is 0 Å². The summed E-state index contributed by atoms with van der Waals surface area (Å²) in [5.74, 6) is -0.0655. The average molecular weight is 346 g/mol. The lowest BCUT2D eigenvalue weighted by atomic mass is 10.0. The minimum atomic E-state index is -0.970. The summed E-state index contributed by atoms with van der Waals surface area (Å²) in [5, 5.41) is 22.8. The van der Waals surface area contributed by atoms with Crippen LogP contribution in [0.3, 0.4) is 0 Å². The molecule has 1 fully saturated rings. The van der Waals surface area contributed by atoms with E-state index in [2.05, 4.69) is 29.3 Å². The Labute approximate surface area is 147 Å². The van der Waals surface area contributed by atoms with Crippen LogP contribution in [0.25, 0.3) is 0 Å². The molecule has 2 aromatic heterocycles. The number of aromatic nitrogens is 5. The SMILES string of the molecule is CCC(CC)n1ncc(C(=O)N2CCC(O)(Cn3ccnn3)C2)c1C. The normalized spacial score (nSPS) is 20.6. The first-order valence-corrected chi connectivity index (χ1v) is 8.87. The van der Waals surface area contributed by atoms with Crippen LogP contribution >= 0.6 is 0 Å². The molecule has 2 aromatic rings. The summed E-state index contributed by atoms with van der Waals surface area (Å²) < 4.78 is 3.55. The number of rotatable bonds is 6. The van der Waals surface area contributed by atoms with E-state index in [-0.39, 0.29) is 5.91 Å². The third kappa shape index (κ3) is 3.44. The van der Waals surface area contributed by atoms with Crippen LogP contribution in [0.1, 0.15) is 55.2 Å². The van der Waals surface area contributed by atoms with Crippen molar-refractivity contribution < 1.29 is 9.90 Å². The largest absolute Gasteiger partial charge is 0.386 e. The Hall–Kier alpha value is -2.22. The van der Waals surface area contributed by atoms with Crippen molar-refractivity contribution in [2.75, 3.05) is 13.1 Å². The number of carbonyl (C=O) groups is 1. The van der Waals surface area contributed by atoms with Crippen molar-refractivity contribution in [1.82, 2.24) is 29.7 Å². The fraction of sp³-hybridized carbons (Fsp3) is 0.647. The smallest absolute Gasteiger partial charge is 0.257 e. The molecule has 0 bridgehead atoms. The zero-order valence-corrected chi connectivity index (χ0v) is 15.1. The van der Waals surface area contributed by atoms with E-state index >= 15 is 0 Å². The molecule has 8 heteroatoms. The minimum absolute atomic E-state index is 0.0655. The van der Waals surface area contributed by atoms with E-state index in [0.29, 0.717) is 37.7 Å². The monoisotopic (exact) mass is 346 g/mol. The third-order valence-electron chi connectivity index (χ3n) is 5.11. The molecule has 1 atom stereocenters. The Bertz CT molecular complexity index is 722. The predicted molar refractivity (Wildman–Crippen MR) is 92.1 cm³/mol. The maximum Gasteiger partial charge on any atom is 0.257 e. The van der Waals surface area contributed by atoms with E-state index in [9.17, 15) is 9.90 Å². The molecule has 0 aromatic carbocycles. The highest BCUT2D eigenvalue weighted by molar-refractivity contribution is 5.95. The van der Waals surface area contributed by atoms with Gasteiger partial charge in [-0.1, -0.05) is 19.1 Å². The number of nitrogens with zero attached hydrogens (tertiary/aromatic N) is 6. The average Bonchev–Trinajstić information content (AvgIpc) is 3.31. The Balaban J connectivity index is 1.72. The number of aliphatic hydroxyl groups is 1. The molecule has 0 spiro atoms. The summed E-state index contributed by atoms with van der Waals surface area (Å²) >= 11 is 0. The van der Waals surface area contributed by atoms with Gasteiger partial charge in [-0.2, -0.15) is 5.10 Å². The molecule has 0 aliphatic carbocycles. The van der Waals surface area contributed by atoms with Crippen molar-refractivity contribution >= 4 is 5.91 Å². The second-order valence-corrected chi connectivity index (χ2v) is 6.86. The fourth-order valence-electron chi connectivity index (χ4n) is 3.58. The summed E-state index contributed by atoms with van der Waals surface area (Å²) in [5.41, 5.74) is 0.546. The van der Waals surface area contributed by atoms with Crippen LogP contribution in [0.2, 0.25) is 0 Å². The Morgan fingerprint density at radius 3 is 2.80 bits per heavy atom. The van der Waals surface area contributed by atoms with Crippen molar-refractivity contribution in [3.63, 3.8) is 0 Å². The molecule has 3 rings (SSSR count). The van der Waals surface area contributed by atoms with Crippen molar-refractivity contribution in [2.45, 2.75) is 58.2 Å². The number of hydrogen-bond donors (Lipinski definition) is 1. The van der Waals surface area contributed by atoms with Gasteiger partial charge in [0.15, 0.2) is 0 Å². The quantitative estimate of drug-likeness (QED) is 0.854. The van der Waals surface area contributed by atoms with E-state index in [4.69, 9.17) is 0 Å². The number of amides is 1. The van der Waals surface area contributed by atoms with Gasteiger partial charge in [-0.3, -0.25) is 9.48 Å². The zero-order valence-electron chi connectivity index (χ0n) is 15.1. The molecular formula is C17H26N6O2. The number of β-amino-alcohol motifs (C(OH)–C–C–N with tert-alkyl or cyclic N) is 1. The summed E-state index contributed by atoms with van der Waals surface area (Å²) in [6.07, 6.45) is 7.44. The van der Waals surface area contributed by atoms with Gasteiger partial charge in [0.25, 0.3) is 5.91 Å². The predicted octanol–water partition coefficient (Wildman–Crippen LogP) is 1.42. The van der Waals surface area contributed by atoms with Crippen molar-refractivity contribution in [3.05, 3.63) is 29.8 Å². The van der Waals surface area contributed by atoms with Crippen LogP contribution in [0.15, 0.2) is 18.6 Å². The first kappa shape index (κ1) is 17.6. The Morgan fingerprint density at radius 2 is 2.16 bits per heavy atom. The highest BCUT2D eigenvalue weighted by Gasteiger charge is 2.39. The zero-order chi connectivity index (χ0) is 18.0. The maximum absolute atomic E-state index is 12.9. The summed E-state index contributed by atoms with van der Waals surface area (Å²) in [4.78, 5) is 14.6. The second kappa shape index (κ2) is 6.95. The minimum Gasteiger partial charge on any atom is -0.386 e. The van der Waals surface area contributed by atoms with Gasteiger partial charge < -0.3 is 10.0 Å². The molecule has 1 saturated heterocycles. The molecule has 1 aliphatic heterocycles. The van der Waals surface area contributed by atoms with Gasteiger partial charge >= 0.3 is 0 Å². The van der Waals surface area contributed by atoms with Gasteiger partial charge in [0, 0.05) is 18.4 Å². The first-order chi connectivity index (χ1) is 12.0. The first-order valence-electron chi connectivity index (χ1n) is 8.87. The second-order valence-electron chi connectivity index (χ2n) is 6.86. The van der Waals surface area contributed by atoms with Crippen LogP contribution in [0, 0.1) is 6.92 Å². The molecule has 0 radical (unpaired) electrons. The van der Waals surface area contributed by atoms with Gasteiger partial charge in [0.2, 0.25) is 0 Å². The van der Waals surface area contributed by atoms with Crippen LogP contribution < -0.4 is 0 Å². The number of hydrogen-bond acceptors (Lipinski definition) is 5. The highest BCUT2D eigenvalue weighted by atomic mass is 16.3. The van der Waals surface area contributed by atoms with E-state index in [1.807, 2.05) is 11.6 Å². The van der Waals surface area contributed by atoms with Crippen LogP contribution in [0.4, 0.5) is 0 Å². The topological polar surface area (TPSA) is 89.1 Å². The van der Waals surface area contributed by atoms with Gasteiger partial charge in [-0.05, 0) is 26.2 Å². The van der Waals surface area contributed by atoms with E-state index < -0.39 is 5.60 Å². The standard InChI is InChI=1S/C17H26N6O2/c1-4-14(5-2)23-13(3)15(10-19-23)16(24)21-8-6-17(25,11-21)12-22-9-7-18-20-22/h7,9-10,14,25H,4-6,8,11-12H2,1-3H3. The molecule has 8 nitrogen and oxygen atoms in total. The van der Waals surface area contributed by atoms with Crippen molar-refractivity contribution in [2.24, 2.45) is 0 Å². The van der Waals surface area contributed by atoms with Gasteiger partial charge in [0.1, 0.15) is 5.60 Å². The third-order valence-corrected chi connectivity index (χ3v) is 5.11. The van der Waals surface area contributed by atoms with Gasteiger partial charge in [-0.25, -0.2) is 4.68 Å². The van der Waals surface area contributed by atoms with Crippen molar-refractivity contribution in [1.29, 1.82) is 0 Å². The molecule has 25 heavy (non-hydrogen) atoms. The van der Waals surface area contributed by atoms with Gasteiger partial charge in [-0.15, -0.1) is 5.10 Å². The lowest BCUT2D eigenvalue weighted by Crippen LogP contribution is -2.39.